The molecule has 1 N–H and O–H groups in total. The van der Waals surface area contributed by atoms with Gasteiger partial charge in [-0.15, -0.1) is 6.58 Å². The molecule has 0 aliphatic rings. The Hall–Kier alpha value is -0.790. The lowest BCUT2D eigenvalue weighted by atomic mass is 9.83. The molecule has 2 heteroatoms. The summed E-state index contributed by atoms with van der Waals surface area (Å²) in [4.78, 5) is 10.6. The van der Waals surface area contributed by atoms with Crippen molar-refractivity contribution < 1.29 is 9.90 Å². The third-order valence-electron chi connectivity index (χ3n) is 2.08. The average Bonchev–Trinajstić information content (AvgIpc) is 1.92. The molecule has 0 saturated carbocycles. The van der Waals surface area contributed by atoms with Gasteiger partial charge in [0.1, 0.15) is 0 Å². The van der Waals surface area contributed by atoms with E-state index in [1.807, 2.05) is 13.8 Å². The molecule has 0 saturated heterocycles. The maximum atomic E-state index is 10.6. The van der Waals surface area contributed by atoms with Gasteiger partial charge in [-0.3, -0.25) is 4.79 Å². The summed E-state index contributed by atoms with van der Waals surface area (Å²) in [5.74, 6) is -0.771. The summed E-state index contributed by atoms with van der Waals surface area (Å²) in [5.41, 5.74) is -0.694. The van der Waals surface area contributed by atoms with Crippen molar-refractivity contribution in [2.75, 3.05) is 0 Å². The molecule has 10 heavy (non-hydrogen) atoms. The van der Waals surface area contributed by atoms with E-state index in [0.29, 0.717) is 12.8 Å². The van der Waals surface area contributed by atoms with Gasteiger partial charge in [0.2, 0.25) is 0 Å². The first-order valence-electron chi connectivity index (χ1n) is 3.50. The minimum absolute atomic E-state index is 0.613. The Labute approximate surface area is 61.6 Å². The number of carboxylic acid groups (broad SMARTS) is 1. The topological polar surface area (TPSA) is 37.3 Å². The van der Waals surface area contributed by atoms with Crippen LogP contribution in [0.3, 0.4) is 0 Å². The molecule has 0 unspecified atom stereocenters. The monoisotopic (exact) mass is 142 g/mol. The molecule has 0 aromatic carbocycles. The van der Waals surface area contributed by atoms with E-state index >= 15 is 0 Å². The first kappa shape index (κ1) is 9.21. The van der Waals surface area contributed by atoms with Gasteiger partial charge >= 0.3 is 5.97 Å². The van der Waals surface area contributed by atoms with Crippen LogP contribution in [0.15, 0.2) is 12.7 Å². The molecular weight excluding hydrogens is 128 g/mol. The highest BCUT2D eigenvalue weighted by Gasteiger charge is 2.30. The van der Waals surface area contributed by atoms with E-state index in [1.165, 1.54) is 6.08 Å². The first-order chi connectivity index (χ1) is 4.63. The molecule has 0 aliphatic heterocycles. The predicted octanol–water partition coefficient (Wildman–Crippen LogP) is 2.06. The van der Waals surface area contributed by atoms with Crippen molar-refractivity contribution in [3.05, 3.63) is 12.7 Å². The van der Waals surface area contributed by atoms with Crippen molar-refractivity contribution in [1.82, 2.24) is 0 Å². The van der Waals surface area contributed by atoms with Crippen molar-refractivity contribution in [3.8, 4) is 0 Å². The number of hydrogen-bond donors (Lipinski definition) is 1. The fourth-order valence-corrected chi connectivity index (χ4v) is 0.928. The number of aliphatic carboxylic acids is 1. The molecule has 0 rings (SSSR count). The van der Waals surface area contributed by atoms with Crippen LogP contribution in [0.25, 0.3) is 0 Å². The Balaban J connectivity index is 4.46. The molecule has 0 bridgehead atoms. The maximum Gasteiger partial charge on any atom is 0.313 e. The lowest BCUT2D eigenvalue weighted by Crippen LogP contribution is -2.26. The molecular formula is C8H14O2. The normalized spacial score (nSPS) is 11.0. The SMILES string of the molecule is C=CC(CC)(CC)C(=O)O. The van der Waals surface area contributed by atoms with E-state index in [-0.39, 0.29) is 0 Å². The van der Waals surface area contributed by atoms with Crippen molar-refractivity contribution in [2.45, 2.75) is 26.7 Å². The summed E-state index contributed by atoms with van der Waals surface area (Å²) >= 11 is 0. The molecule has 0 fully saturated rings. The lowest BCUT2D eigenvalue weighted by Gasteiger charge is -2.21. The van der Waals surface area contributed by atoms with Crippen LogP contribution >= 0.6 is 0 Å². The maximum absolute atomic E-state index is 10.6. The van der Waals surface area contributed by atoms with Gasteiger partial charge in [0.15, 0.2) is 0 Å². The van der Waals surface area contributed by atoms with Crippen molar-refractivity contribution in [3.63, 3.8) is 0 Å². The number of rotatable bonds is 4. The second-order valence-electron chi connectivity index (χ2n) is 2.37. The van der Waals surface area contributed by atoms with E-state index in [0.717, 1.165) is 0 Å². The predicted molar refractivity (Wildman–Crippen MR) is 40.8 cm³/mol. The molecule has 2 nitrogen and oxygen atoms in total. The van der Waals surface area contributed by atoms with Gasteiger partial charge in [-0.1, -0.05) is 19.9 Å². The van der Waals surface area contributed by atoms with E-state index in [2.05, 4.69) is 6.58 Å². The average molecular weight is 142 g/mol. The van der Waals surface area contributed by atoms with Gasteiger partial charge in [0, 0.05) is 0 Å². The molecule has 0 heterocycles. The second-order valence-corrected chi connectivity index (χ2v) is 2.37. The summed E-state index contributed by atoms with van der Waals surface area (Å²) in [6.45, 7) is 7.24. The zero-order chi connectivity index (χ0) is 8.20. The van der Waals surface area contributed by atoms with E-state index in [9.17, 15) is 4.79 Å². The zero-order valence-electron chi connectivity index (χ0n) is 6.55. The molecule has 0 atom stereocenters. The molecule has 0 spiro atoms. The van der Waals surface area contributed by atoms with Crippen LogP contribution < -0.4 is 0 Å². The van der Waals surface area contributed by atoms with Crippen molar-refractivity contribution in [1.29, 1.82) is 0 Å². The fraction of sp³-hybridized carbons (Fsp3) is 0.625. The Morgan fingerprint density at radius 3 is 2.00 bits per heavy atom. The highest BCUT2D eigenvalue weighted by atomic mass is 16.4. The van der Waals surface area contributed by atoms with E-state index < -0.39 is 11.4 Å². The summed E-state index contributed by atoms with van der Waals surface area (Å²) < 4.78 is 0. The van der Waals surface area contributed by atoms with Crippen LogP contribution in [-0.4, -0.2) is 11.1 Å². The highest BCUT2D eigenvalue weighted by molar-refractivity contribution is 5.76. The second kappa shape index (κ2) is 3.40. The zero-order valence-corrected chi connectivity index (χ0v) is 6.55. The van der Waals surface area contributed by atoms with Crippen LogP contribution in [0.1, 0.15) is 26.7 Å². The summed E-state index contributed by atoms with van der Waals surface area (Å²) in [7, 11) is 0. The number of hydrogen-bond acceptors (Lipinski definition) is 1. The third-order valence-corrected chi connectivity index (χ3v) is 2.08. The summed E-state index contributed by atoms with van der Waals surface area (Å²) in [6.07, 6.45) is 2.75. The molecule has 0 aliphatic carbocycles. The summed E-state index contributed by atoms with van der Waals surface area (Å²) in [5, 5.41) is 8.75. The smallest absolute Gasteiger partial charge is 0.313 e. The van der Waals surface area contributed by atoms with Gasteiger partial charge in [0.25, 0.3) is 0 Å². The van der Waals surface area contributed by atoms with Crippen LogP contribution in [-0.2, 0) is 4.79 Å². The van der Waals surface area contributed by atoms with Crippen LogP contribution in [0.5, 0.6) is 0 Å². The quantitative estimate of drug-likeness (QED) is 0.610. The van der Waals surface area contributed by atoms with E-state index in [4.69, 9.17) is 5.11 Å². The number of carboxylic acids is 1. The van der Waals surface area contributed by atoms with Crippen LogP contribution in [0.2, 0.25) is 0 Å². The molecule has 0 amide bonds. The Kier molecular flexibility index (Phi) is 3.13. The van der Waals surface area contributed by atoms with Crippen molar-refractivity contribution >= 4 is 5.97 Å². The largest absolute Gasteiger partial charge is 0.481 e. The van der Waals surface area contributed by atoms with Gasteiger partial charge in [0.05, 0.1) is 5.41 Å². The minimum Gasteiger partial charge on any atom is -0.481 e. The lowest BCUT2D eigenvalue weighted by molar-refractivity contribution is -0.146. The summed E-state index contributed by atoms with van der Waals surface area (Å²) in [6, 6.07) is 0. The minimum atomic E-state index is -0.771. The van der Waals surface area contributed by atoms with Crippen LogP contribution in [0, 0.1) is 5.41 Å². The Bertz CT molecular complexity index is 134. The first-order valence-corrected chi connectivity index (χ1v) is 3.50. The molecule has 58 valence electrons. The number of carbonyl (C=O) groups is 1. The Morgan fingerprint density at radius 1 is 1.60 bits per heavy atom. The van der Waals surface area contributed by atoms with Gasteiger partial charge in [-0.25, -0.2) is 0 Å². The molecule has 0 radical (unpaired) electrons. The molecule has 0 aromatic heterocycles. The van der Waals surface area contributed by atoms with Gasteiger partial charge in [-0.2, -0.15) is 0 Å². The third kappa shape index (κ3) is 1.38. The van der Waals surface area contributed by atoms with Crippen LogP contribution in [0.4, 0.5) is 0 Å². The fourth-order valence-electron chi connectivity index (χ4n) is 0.928. The van der Waals surface area contributed by atoms with Gasteiger partial charge < -0.3 is 5.11 Å². The Morgan fingerprint density at radius 2 is 2.00 bits per heavy atom. The van der Waals surface area contributed by atoms with Gasteiger partial charge in [-0.05, 0) is 12.8 Å². The molecule has 0 aromatic rings. The highest BCUT2D eigenvalue weighted by Crippen LogP contribution is 2.27. The van der Waals surface area contributed by atoms with Crippen molar-refractivity contribution in [2.24, 2.45) is 5.41 Å². The standard InChI is InChI=1S/C8H14O2/c1-4-8(5-2,6-3)7(9)10/h4H,1,5-6H2,2-3H3,(H,9,10). The van der Waals surface area contributed by atoms with E-state index in [1.54, 1.807) is 0 Å².